The van der Waals surface area contributed by atoms with E-state index in [1.54, 1.807) is 4.31 Å². The Labute approximate surface area is 140 Å². The molecule has 2 aliphatic rings. The van der Waals surface area contributed by atoms with Crippen LogP contribution in [-0.4, -0.2) is 50.3 Å². The van der Waals surface area contributed by atoms with Crippen molar-refractivity contribution in [3.05, 3.63) is 35.9 Å². The van der Waals surface area contributed by atoms with Gasteiger partial charge in [0.1, 0.15) is 0 Å². The first kappa shape index (κ1) is 16.9. The SMILES string of the molecule is CC(C)CN1CCC2(CCN(S(=O)(=O)Cc3ccccc3)C2)C1. The molecular formula is C18H28N2O2S. The van der Waals surface area contributed by atoms with E-state index in [9.17, 15) is 8.42 Å². The molecule has 1 aromatic rings. The number of nitrogens with zero attached hydrogens (tertiary/aromatic N) is 2. The number of sulfonamides is 1. The van der Waals surface area contributed by atoms with Crippen molar-refractivity contribution in [2.24, 2.45) is 11.3 Å². The van der Waals surface area contributed by atoms with Gasteiger partial charge in [-0.15, -0.1) is 0 Å². The topological polar surface area (TPSA) is 40.6 Å². The molecule has 0 saturated carbocycles. The molecule has 0 aromatic heterocycles. The molecule has 0 N–H and O–H groups in total. The molecule has 0 radical (unpaired) electrons. The van der Waals surface area contributed by atoms with Gasteiger partial charge >= 0.3 is 0 Å². The maximum atomic E-state index is 12.7. The fourth-order valence-corrected chi connectivity index (χ4v) is 5.68. The summed E-state index contributed by atoms with van der Waals surface area (Å²) >= 11 is 0. The molecule has 1 spiro atoms. The summed E-state index contributed by atoms with van der Waals surface area (Å²) in [5, 5.41) is 0. The molecule has 2 saturated heterocycles. The van der Waals surface area contributed by atoms with Crippen molar-refractivity contribution in [1.82, 2.24) is 9.21 Å². The molecule has 5 heteroatoms. The lowest BCUT2D eigenvalue weighted by Gasteiger charge is -2.25. The average molecular weight is 337 g/mol. The van der Waals surface area contributed by atoms with E-state index in [0.29, 0.717) is 19.0 Å². The van der Waals surface area contributed by atoms with Crippen molar-refractivity contribution in [3.63, 3.8) is 0 Å². The minimum Gasteiger partial charge on any atom is -0.302 e. The smallest absolute Gasteiger partial charge is 0.218 e. The van der Waals surface area contributed by atoms with Crippen LogP contribution in [0.2, 0.25) is 0 Å². The zero-order valence-corrected chi connectivity index (χ0v) is 15.1. The van der Waals surface area contributed by atoms with Crippen LogP contribution in [0, 0.1) is 11.3 Å². The summed E-state index contributed by atoms with van der Waals surface area (Å²) in [4.78, 5) is 2.51. The normalized spacial score (nSPS) is 26.6. The predicted molar refractivity (Wildman–Crippen MR) is 93.6 cm³/mol. The van der Waals surface area contributed by atoms with Gasteiger partial charge in [0.2, 0.25) is 10.0 Å². The molecule has 2 fully saturated rings. The van der Waals surface area contributed by atoms with Crippen LogP contribution in [0.4, 0.5) is 0 Å². The number of benzene rings is 1. The number of hydrogen-bond donors (Lipinski definition) is 0. The maximum absolute atomic E-state index is 12.7. The van der Waals surface area contributed by atoms with E-state index in [0.717, 1.165) is 38.0 Å². The molecule has 128 valence electrons. The van der Waals surface area contributed by atoms with Gasteiger partial charge in [0.05, 0.1) is 5.75 Å². The molecule has 23 heavy (non-hydrogen) atoms. The lowest BCUT2D eigenvalue weighted by Crippen LogP contribution is -2.35. The second-order valence-corrected chi connectivity index (χ2v) is 9.67. The third kappa shape index (κ3) is 3.95. The lowest BCUT2D eigenvalue weighted by atomic mass is 9.86. The van der Waals surface area contributed by atoms with Crippen molar-refractivity contribution >= 4 is 10.0 Å². The minimum atomic E-state index is -3.20. The fourth-order valence-electron chi connectivity index (χ4n) is 4.04. The molecule has 2 aliphatic heterocycles. The van der Waals surface area contributed by atoms with E-state index in [1.165, 1.54) is 0 Å². The highest BCUT2D eigenvalue weighted by Gasteiger charge is 2.46. The number of rotatable bonds is 5. The number of likely N-dealkylation sites (tertiary alicyclic amines) is 1. The Morgan fingerprint density at radius 1 is 1.09 bits per heavy atom. The van der Waals surface area contributed by atoms with Crippen LogP contribution < -0.4 is 0 Å². The van der Waals surface area contributed by atoms with Gasteiger partial charge in [-0.05, 0) is 36.3 Å². The molecule has 4 nitrogen and oxygen atoms in total. The first-order valence-electron chi connectivity index (χ1n) is 8.63. The largest absolute Gasteiger partial charge is 0.302 e. The molecular weight excluding hydrogens is 308 g/mol. The van der Waals surface area contributed by atoms with Gasteiger partial charge in [0.25, 0.3) is 0 Å². The lowest BCUT2D eigenvalue weighted by molar-refractivity contribution is 0.246. The Bertz CT molecular complexity index is 630. The summed E-state index contributed by atoms with van der Waals surface area (Å²) in [6.45, 7) is 9.18. The van der Waals surface area contributed by atoms with Crippen LogP contribution in [0.5, 0.6) is 0 Å². The molecule has 0 amide bonds. The Morgan fingerprint density at radius 3 is 2.48 bits per heavy atom. The van der Waals surface area contributed by atoms with E-state index in [4.69, 9.17) is 0 Å². The third-order valence-electron chi connectivity index (χ3n) is 5.13. The van der Waals surface area contributed by atoms with Gasteiger partial charge in [0.15, 0.2) is 0 Å². The van der Waals surface area contributed by atoms with E-state index in [2.05, 4.69) is 18.7 Å². The van der Waals surface area contributed by atoms with E-state index >= 15 is 0 Å². The van der Waals surface area contributed by atoms with Gasteiger partial charge in [-0.1, -0.05) is 44.2 Å². The van der Waals surface area contributed by atoms with Crippen molar-refractivity contribution in [2.75, 3.05) is 32.7 Å². The highest BCUT2D eigenvalue weighted by molar-refractivity contribution is 7.88. The molecule has 0 bridgehead atoms. The van der Waals surface area contributed by atoms with Crippen LogP contribution in [0.25, 0.3) is 0 Å². The average Bonchev–Trinajstić information content (AvgIpc) is 3.07. The van der Waals surface area contributed by atoms with Gasteiger partial charge in [0, 0.05) is 26.2 Å². The zero-order valence-electron chi connectivity index (χ0n) is 14.2. The van der Waals surface area contributed by atoms with E-state index in [-0.39, 0.29) is 11.2 Å². The second kappa shape index (κ2) is 6.54. The van der Waals surface area contributed by atoms with Crippen LogP contribution in [0.15, 0.2) is 30.3 Å². The highest BCUT2D eigenvalue weighted by Crippen LogP contribution is 2.40. The van der Waals surface area contributed by atoms with Crippen LogP contribution in [0.3, 0.4) is 0 Å². The summed E-state index contributed by atoms with van der Waals surface area (Å²) in [5.74, 6) is 0.795. The Hall–Kier alpha value is -0.910. The van der Waals surface area contributed by atoms with Gasteiger partial charge in [-0.3, -0.25) is 0 Å². The molecule has 1 unspecified atom stereocenters. The first-order valence-corrected chi connectivity index (χ1v) is 10.2. The van der Waals surface area contributed by atoms with Crippen LogP contribution >= 0.6 is 0 Å². The fraction of sp³-hybridized carbons (Fsp3) is 0.667. The Kier molecular flexibility index (Phi) is 4.81. The van der Waals surface area contributed by atoms with E-state index in [1.807, 2.05) is 30.3 Å². The highest BCUT2D eigenvalue weighted by atomic mass is 32.2. The second-order valence-electron chi connectivity index (χ2n) is 7.70. The quantitative estimate of drug-likeness (QED) is 0.830. The molecule has 2 heterocycles. The molecule has 0 aliphatic carbocycles. The van der Waals surface area contributed by atoms with Crippen LogP contribution in [-0.2, 0) is 15.8 Å². The summed E-state index contributed by atoms with van der Waals surface area (Å²) in [6, 6.07) is 9.50. The third-order valence-corrected chi connectivity index (χ3v) is 6.93. The molecule has 1 atom stereocenters. The van der Waals surface area contributed by atoms with Gasteiger partial charge in [-0.25, -0.2) is 12.7 Å². The van der Waals surface area contributed by atoms with Crippen molar-refractivity contribution in [1.29, 1.82) is 0 Å². The Balaban J connectivity index is 1.63. The van der Waals surface area contributed by atoms with Gasteiger partial charge < -0.3 is 4.90 Å². The maximum Gasteiger partial charge on any atom is 0.218 e. The molecule has 3 rings (SSSR count). The predicted octanol–water partition coefficient (Wildman–Crippen LogP) is 2.57. The monoisotopic (exact) mass is 336 g/mol. The van der Waals surface area contributed by atoms with Crippen molar-refractivity contribution in [3.8, 4) is 0 Å². The molecule has 1 aromatic carbocycles. The summed E-state index contributed by atoms with van der Waals surface area (Å²) in [5.41, 5.74) is 1.07. The minimum absolute atomic E-state index is 0.125. The van der Waals surface area contributed by atoms with Gasteiger partial charge in [-0.2, -0.15) is 0 Å². The van der Waals surface area contributed by atoms with Crippen molar-refractivity contribution < 1.29 is 8.42 Å². The summed E-state index contributed by atoms with van der Waals surface area (Å²) in [6.07, 6.45) is 2.15. The van der Waals surface area contributed by atoms with Crippen molar-refractivity contribution in [2.45, 2.75) is 32.4 Å². The Morgan fingerprint density at radius 2 is 1.78 bits per heavy atom. The van der Waals surface area contributed by atoms with Crippen LogP contribution in [0.1, 0.15) is 32.3 Å². The van der Waals surface area contributed by atoms with E-state index < -0.39 is 10.0 Å². The summed E-state index contributed by atoms with van der Waals surface area (Å²) in [7, 11) is -3.20. The standard InChI is InChI=1S/C18H28N2O2S/c1-16(2)12-19-10-8-18(14-19)9-11-20(15-18)23(21,22)13-17-6-4-3-5-7-17/h3-7,16H,8-15H2,1-2H3. The summed E-state index contributed by atoms with van der Waals surface area (Å²) < 4.78 is 27.2. The zero-order chi connectivity index (χ0) is 16.5. The number of hydrogen-bond acceptors (Lipinski definition) is 3. The first-order chi connectivity index (χ1) is 10.9.